The Hall–Kier alpha value is -1.27. The van der Waals surface area contributed by atoms with Crippen LogP contribution in [0.5, 0.6) is 5.88 Å². The predicted octanol–water partition coefficient (Wildman–Crippen LogP) is -1.65. The minimum Gasteiger partial charge on any atom is -0.481 e. The Morgan fingerprint density at radius 2 is 2.25 bits per heavy atom. The third-order valence-electron chi connectivity index (χ3n) is 1.43. The number of nitrogen functional groups attached to an aromatic ring is 1. The van der Waals surface area contributed by atoms with Crippen LogP contribution in [0, 0.1) is 0 Å². The Balaban J connectivity index is 3.03. The highest BCUT2D eigenvalue weighted by molar-refractivity contribution is 6.60. The Morgan fingerprint density at radius 3 is 2.67 bits per heavy atom. The molecule has 64 valence electrons. The first-order valence-corrected chi connectivity index (χ1v) is 3.30. The number of methoxy groups -OCH3 is 1. The molecule has 0 saturated heterocycles. The van der Waals surface area contributed by atoms with Gasteiger partial charge in [-0.25, -0.2) is 4.98 Å². The molecule has 0 aromatic carbocycles. The summed E-state index contributed by atoms with van der Waals surface area (Å²) >= 11 is 0. The third-order valence-corrected chi connectivity index (χ3v) is 1.43. The van der Waals surface area contributed by atoms with E-state index in [0.29, 0.717) is 5.88 Å². The lowest BCUT2D eigenvalue weighted by molar-refractivity contribution is 0.398. The highest BCUT2D eigenvalue weighted by Crippen LogP contribution is 2.07. The van der Waals surface area contributed by atoms with Crippen LogP contribution in [0.15, 0.2) is 12.3 Å². The third kappa shape index (κ3) is 1.66. The van der Waals surface area contributed by atoms with Gasteiger partial charge in [-0.3, -0.25) is 0 Å². The zero-order valence-corrected chi connectivity index (χ0v) is 6.56. The molecular weight excluding hydrogens is 159 g/mol. The van der Waals surface area contributed by atoms with Crippen LogP contribution in [0.4, 0.5) is 5.69 Å². The fourth-order valence-electron chi connectivity index (χ4n) is 0.789. The monoisotopic (exact) mass is 168 g/mol. The van der Waals surface area contributed by atoms with E-state index in [2.05, 4.69) is 4.98 Å². The maximum Gasteiger partial charge on any atom is 0.492 e. The molecule has 4 N–H and O–H groups in total. The quantitative estimate of drug-likeness (QED) is 0.460. The largest absolute Gasteiger partial charge is 0.492 e. The molecular formula is C6H9BN2O3. The second-order valence-electron chi connectivity index (χ2n) is 2.23. The Bertz CT molecular complexity index is 279. The lowest BCUT2D eigenvalue weighted by Crippen LogP contribution is -2.32. The number of ether oxygens (including phenoxy) is 1. The minimum atomic E-state index is -1.59. The van der Waals surface area contributed by atoms with Crippen molar-refractivity contribution in [3.63, 3.8) is 0 Å². The summed E-state index contributed by atoms with van der Waals surface area (Å²) in [6.07, 6.45) is 1.26. The van der Waals surface area contributed by atoms with Crippen LogP contribution in [0.3, 0.4) is 0 Å². The van der Waals surface area contributed by atoms with Crippen molar-refractivity contribution in [2.45, 2.75) is 0 Å². The molecule has 0 aliphatic carbocycles. The Kier molecular flexibility index (Phi) is 2.52. The average molecular weight is 168 g/mol. The van der Waals surface area contributed by atoms with E-state index in [1.165, 1.54) is 19.4 Å². The lowest BCUT2D eigenvalue weighted by atomic mass is 9.80. The molecule has 5 nitrogen and oxygen atoms in total. The van der Waals surface area contributed by atoms with Crippen molar-refractivity contribution in [1.29, 1.82) is 0 Å². The topological polar surface area (TPSA) is 88.6 Å². The molecule has 0 bridgehead atoms. The molecule has 0 spiro atoms. The number of anilines is 1. The number of hydrogen-bond acceptors (Lipinski definition) is 5. The molecule has 1 heterocycles. The van der Waals surface area contributed by atoms with Crippen LogP contribution in [-0.4, -0.2) is 29.3 Å². The molecule has 1 aromatic heterocycles. The summed E-state index contributed by atoms with van der Waals surface area (Å²) in [5.41, 5.74) is 5.88. The van der Waals surface area contributed by atoms with Crippen molar-refractivity contribution >= 4 is 18.3 Å². The summed E-state index contributed by atoms with van der Waals surface area (Å²) in [5, 5.41) is 17.5. The summed E-state index contributed by atoms with van der Waals surface area (Å²) < 4.78 is 4.78. The molecule has 0 atom stereocenters. The summed E-state index contributed by atoms with van der Waals surface area (Å²) in [6.45, 7) is 0. The number of hydrogen-bond donors (Lipinski definition) is 3. The molecule has 12 heavy (non-hydrogen) atoms. The first kappa shape index (κ1) is 8.83. The van der Waals surface area contributed by atoms with Gasteiger partial charge in [-0.2, -0.15) is 0 Å². The smallest absolute Gasteiger partial charge is 0.481 e. The van der Waals surface area contributed by atoms with Gasteiger partial charge in [-0.15, -0.1) is 0 Å². The molecule has 1 aromatic rings. The first-order valence-electron chi connectivity index (χ1n) is 3.30. The van der Waals surface area contributed by atoms with Gasteiger partial charge < -0.3 is 20.5 Å². The van der Waals surface area contributed by atoms with E-state index >= 15 is 0 Å². The van der Waals surface area contributed by atoms with Gasteiger partial charge in [-0.05, 0) is 0 Å². The normalized spacial score (nSPS) is 9.58. The zero-order chi connectivity index (χ0) is 9.14. The summed E-state index contributed by atoms with van der Waals surface area (Å²) in [5.74, 6) is 0.344. The molecule has 0 aliphatic rings. The number of pyridine rings is 1. The van der Waals surface area contributed by atoms with Crippen LogP contribution in [0.25, 0.3) is 0 Å². The van der Waals surface area contributed by atoms with E-state index in [9.17, 15) is 0 Å². The van der Waals surface area contributed by atoms with Gasteiger partial charge in [0.15, 0.2) is 0 Å². The van der Waals surface area contributed by atoms with Gasteiger partial charge in [0.1, 0.15) is 0 Å². The van der Waals surface area contributed by atoms with Crippen molar-refractivity contribution in [3.05, 3.63) is 12.3 Å². The van der Waals surface area contributed by atoms with E-state index in [4.69, 9.17) is 20.5 Å². The molecule has 0 saturated carbocycles. The van der Waals surface area contributed by atoms with Gasteiger partial charge in [-0.1, -0.05) is 0 Å². The van der Waals surface area contributed by atoms with E-state index in [0.717, 1.165) is 0 Å². The molecule has 0 fully saturated rings. The number of nitrogens with two attached hydrogens (primary N) is 1. The van der Waals surface area contributed by atoms with Gasteiger partial charge in [0.2, 0.25) is 5.88 Å². The average Bonchev–Trinajstić information content (AvgIpc) is 2.03. The summed E-state index contributed by atoms with van der Waals surface area (Å²) in [6, 6.07) is 1.43. The van der Waals surface area contributed by atoms with E-state index in [-0.39, 0.29) is 11.2 Å². The van der Waals surface area contributed by atoms with Crippen LogP contribution < -0.4 is 15.9 Å². The Labute approximate surface area is 70.0 Å². The van der Waals surface area contributed by atoms with Gasteiger partial charge in [0.05, 0.1) is 7.11 Å². The van der Waals surface area contributed by atoms with E-state index < -0.39 is 7.12 Å². The van der Waals surface area contributed by atoms with Crippen molar-refractivity contribution in [3.8, 4) is 5.88 Å². The van der Waals surface area contributed by atoms with Crippen LogP contribution in [0.2, 0.25) is 0 Å². The minimum absolute atomic E-state index is 0.177. The van der Waals surface area contributed by atoms with E-state index in [1.54, 1.807) is 0 Å². The standard InChI is InChI=1S/C6H9BN2O3/c1-12-6-2-5(8)4(3-9-6)7(10)11/h2-3,10-11H,1H3,(H2,8,9). The van der Waals surface area contributed by atoms with Crippen molar-refractivity contribution in [2.24, 2.45) is 0 Å². The highest BCUT2D eigenvalue weighted by atomic mass is 16.5. The molecule has 0 unspecified atom stereocenters. The van der Waals surface area contributed by atoms with E-state index in [1.807, 2.05) is 0 Å². The van der Waals surface area contributed by atoms with Crippen LogP contribution in [-0.2, 0) is 0 Å². The van der Waals surface area contributed by atoms with Crippen molar-refractivity contribution < 1.29 is 14.8 Å². The summed E-state index contributed by atoms with van der Waals surface area (Å²) in [4.78, 5) is 3.76. The number of rotatable bonds is 2. The summed E-state index contributed by atoms with van der Waals surface area (Å²) in [7, 11) is -0.139. The zero-order valence-electron chi connectivity index (χ0n) is 6.56. The van der Waals surface area contributed by atoms with Gasteiger partial charge >= 0.3 is 7.12 Å². The Morgan fingerprint density at radius 1 is 1.58 bits per heavy atom. The molecule has 1 rings (SSSR count). The second kappa shape index (κ2) is 3.42. The number of aromatic nitrogens is 1. The molecule has 0 amide bonds. The van der Waals surface area contributed by atoms with Gasteiger partial charge in [0, 0.05) is 23.4 Å². The first-order chi connectivity index (χ1) is 5.65. The van der Waals surface area contributed by atoms with Crippen molar-refractivity contribution in [2.75, 3.05) is 12.8 Å². The SMILES string of the molecule is COc1cc(N)c(B(O)O)cn1. The lowest BCUT2D eigenvalue weighted by Gasteiger charge is -2.04. The van der Waals surface area contributed by atoms with Crippen LogP contribution >= 0.6 is 0 Å². The maximum absolute atomic E-state index is 8.76. The number of nitrogens with zero attached hydrogens (tertiary/aromatic N) is 1. The van der Waals surface area contributed by atoms with Crippen molar-refractivity contribution in [1.82, 2.24) is 4.98 Å². The predicted molar refractivity (Wildman–Crippen MR) is 45.0 cm³/mol. The molecule has 6 heteroatoms. The fraction of sp³-hybridized carbons (Fsp3) is 0.167. The van der Waals surface area contributed by atoms with Gasteiger partial charge in [0.25, 0.3) is 0 Å². The van der Waals surface area contributed by atoms with Crippen LogP contribution in [0.1, 0.15) is 0 Å². The molecule has 0 aliphatic heterocycles. The maximum atomic E-state index is 8.76. The second-order valence-corrected chi connectivity index (χ2v) is 2.23. The highest BCUT2D eigenvalue weighted by Gasteiger charge is 2.15. The molecule has 0 radical (unpaired) electrons. The fourth-order valence-corrected chi connectivity index (χ4v) is 0.789.